The first-order valence-corrected chi connectivity index (χ1v) is 19.9. The molecule has 0 bridgehead atoms. The number of halogens is 17. The van der Waals surface area contributed by atoms with Crippen LogP contribution in [0.25, 0.3) is 0 Å². The average molecular weight is 909 g/mol. The minimum atomic E-state index is -8.68. The van der Waals surface area contributed by atoms with Crippen LogP contribution in [-0.2, 0) is 14.0 Å². The lowest BCUT2D eigenvalue weighted by molar-refractivity contribution is -0.461. The molecule has 0 radical (unpaired) electrons. The van der Waals surface area contributed by atoms with Gasteiger partial charge in [0.1, 0.15) is 12.4 Å². The first-order chi connectivity index (χ1) is 26.4. The van der Waals surface area contributed by atoms with E-state index in [1.807, 2.05) is 0 Å². The molecule has 0 aliphatic heterocycles. The van der Waals surface area contributed by atoms with Crippen molar-refractivity contribution in [2.45, 2.75) is 133 Å². The first kappa shape index (κ1) is 53.9. The number of hydrogen-bond donors (Lipinski definition) is 1. The zero-order valence-electron chi connectivity index (χ0n) is 32.8. The second-order valence-corrected chi connectivity index (χ2v) is 19.4. The van der Waals surface area contributed by atoms with E-state index >= 15 is 0 Å². The van der Waals surface area contributed by atoms with E-state index in [1.54, 1.807) is 33.8 Å². The largest absolute Gasteiger partial charge is 0.491 e. The summed E-state index contributed by atoms with van der Waals surface area (Å²) in [6, 6.07) is 4.53. The van der Waals surface area contributed by atoms with Crippen molar-refractivity contribution in [2.24, 2.45) is 5.92 Å². The Balaban J connectivity index is 3.21. The highest BCUT2D eigenvalue weighted by Gasteiger charge is 2.95. The van der Waals surface area contributed by atoms with Crippen LogP contribution in [0.5, 0.6) is 5.75 Å². The van der Waals surface area contributed by atoms with Crippen molar-refractivity contribution in [2.75, 3.05) is 19.8 Å². The SMILES string of the molecule is CCOC(=O)/C=C(C)/C=C(\C)[C@H](C)[C@@H](O)c1ccc(OCCO[Si](CCC(F)(F)C(F)(F)C(F)(F)C(F)(F)C(F)(F)C(F)(F)C(F)(F)C(F)(F)F)(C(C)C)C(C)C)cc1. The molecule has 1 rings (SSSR count). The molecule has 0 heterocycles. The van der Waals surface area contributed by atoms with Gasteiger partial charge in [-0.3, -0.25) is 0 Å². The summed E-state index contributed by atoms with van der Waals surface area (Å²) in [5.41, 5.74) is 0.00520. The zero-order chi connectivity index (χ0) is 46.6. The molecule has 0 aliphatic rings. The lowest BCUT2D eigenvalue weighted by atomic mass is 9.88. The average Bonchev–Trinajstić information content (AvgIpc) is 3.09. The molecule has 1 aromatic carbocycles. The van der Waals surface area contributed by atoms with Crippen LogP contribution >= 0.6 is 0 Å². The maximum Gasteiger partial charge on any atom is 0.460 e. The van der Waals surface area contributed by atoms with Crippen molar-refractivity contribution in [1.29, 1.82) is 0 Å². The lowest BCUT2D eigenvalue weighted by Crippen LogP contribution is -2.74. The van der Waals surface area contributed by atoms with Crippen LogP contribution in [0.4, 0.5) is 74.6 Å². The summed E-state index contributed by atoms with van der Waals surface area (Å²) in [6.45, 7) is 11.4. The smallest absolute Gasteiger partial charge is 0.460 e. The van der Waals surface area contributed by atoms with Gasteiger partial charge in [0.15, 0.2) is 8.32 Å². The molecule has 0 aromatic heterocycles. The molecule has 0 spiro atoms. The topological polar surface area (TPSA) is 65.0 Å². The minimum Gasteiger partial charge on any atom is -0.491 e. The molecule has 2 atom stereocenters. The molecular formula is C36H45F17O5Si. The Kier molecular flexibility index (Phi) is 17.3. The summed E-state index contributed by atoms with van der Waals surface area (Å²) in [6.07, 6.45) is -8.43. The predicted octanol–water partition coefficient (Wildman–Crippen LogP) is 12.4. The summed E-state index contributed by atoms with van der Waals surface area (Å²) >= 11 is 0. The summed E-state index contributed by atoms with van der Waals surface area (Å²) in [5, 5.41) is 10.9. The quantitative estimate of drug-likeness (QED) is 0.0314. The third kappa shape index (κ3) is 10.7. The fourth-order valence-electron chi connectivity index (χ4n) is 5.95. The van der Waals surface area contributed by atoms with Crippen LogP contribution in [0, 0.1) is 5.92 Å². The minimum absolute atomic E-state index is 0.170. The van der Waals surface area contributed by atoms with Crippen LogP contribution in [-0.4, -0.2) is 86.8 Å². The fraction of sp³-hybridized carbons (Fsp3) is 0.694. The highest BCUT2D eigenvalue weighted by atomic mass is 28.4. The summed E-state index contributed by atoms with van der Waals surface area (Å²) in [4.78, 5) is 11.7. The summed E-state index contributed by atoms with van der Waals surface area (Å²) in [7, 11) is -3.95. The van der Waals surface area contributed by atoms with E-state index in [2.05, 4.69) is 0 Å². The summed E-state index contributed by atoms with van der Waals surface area (Å²) in [5.74, 6) is -57.5. The van der Waals surface area contributed by atoms with Crippen LogP contribution in [0.2, 0.25) is 17.1 Å². The Labute approximate surface area is 330 Å². The standard InChI is InChI=1S/C36H45F17O5Si/c1-9-56-27(54)19-22(6)18-23(7)24(8)28(55)25-10-12-26(13-11-25)57-15-16-58-59(20(2)3,21(4)5)17-14-29(37,38)30(39,40)31(41,42)32(43,44)33(45,46)34(47,48)35(49,50)36(51,52)53/h10-13,18-21,24,28,55H,9,14-17H2,1-8H3/b22-19+,23-18+/t24-,28+/m0/s1. The number of esters is 1. The number of aliphatic hydroxyl groups is 1. The molecule has 0 saturated carbocycles. The van der Waals surface area contributed by atoms with Gasteiger partial charge in [0.2, 0.25) is 0 Å². The van der Waals surface area contributed by atoms with E-state index in [4.69, 9.17) is 13.9 Å². The van der Waals surface area contributed by atoms with Crippen LogP contribution in [0.3, 0.4) is 0 Å². The third-order valence-electron chi connectivity index (χ3n) is 9.80. The van der Waals surface area contributed by atoms with Gasteiger partial charge in [-0.25, -0.2) is 4.79 Å². The number of carbonyl (C=O) groups excluding carboxylic acids is 1. The van der Waals surface area contributed by atoms with Crippen molar-refractivity contribution >= 4 is 14.3 Å². The number of ether oxygens (including phenoxy) is 2. The molecule has 0 aliphatic carbocycles. The Hall–Kier alpha value is -3.08. The van der Waals surface area contributed by atoms with Gasteiger partial charge in [-0.15, -0.1) is 0 Å². The molecule has 0 fully saturated rings. The van der Waals surface area contributed by atoms with E-state index < -0.39 is 104 Å². The molecule has 23 heteroatoms. The van der Waals surface area contributed by atoms with Crippen molar-refractivity contribution in [3.8, 4) is 5.75 Å². The second kappa shape index (κ2) is 18.9. The molecular weight excluding hydrogens is 863 g/mol. The van der Waals surface area contributed by atoms with Gasteiger partial charge in [0.25, 0.3) is 0 Å². The normalized spacial score (nSPS) is 16.1. The Bertz CT molecular complexity index is 1600. The number of allylic oxidation sites excluding steroid dienone is 2. The number of carbonyl (C=O) groups is 1. The lowest BCUT2D eigenvalue weighted by Gasteiger charge is -2.44. The fourth-order valence-corrected chi connectivity index (χ4v) is 10.4. The van der Waals surface area contributed by atoms with E-state index in [0.717, 1.165) is 0 Å². The van der Waals surface area contributed by atoms with E-state index in [1.165, 1.54) is 58.0 Å². The second-order valence-electron chi connectivity index (χ2n) is 14.4. The third-order valence-corrected chi connectivity index (χ3v) is 15.5. The molecule has 0 saturated heterocycles. The molecule has 0 unspecified atom stereocenters. The van der Waals surface area contributed by atoms with Gasteiger partial charge in [-0.1, -0.05) is 58.4 Å². The molecule has 1 N–H and O–H groups in total. The molecule has 0 amide bonds. The van der Waals surface area contributed by atoms with Crippen molar-refractivity contribution in [3.63, 3.8) is 0 Å². The van der Waals surface area contributed by atoms with Gasteiger partial charge in [-0.05, 0) is 61.2 Å². The van der Waals surface area contributed by atoms with Crippen molar-refractivity contribution in [3.05, 3.63) is 53.1 Å². The molecule has 1 aromatic rings. The monoisotopic (exact) mass is 908 g/mol. The maximum atomic E-state index is 14.9. The highest BCUT2D eigenvalue weighted by molar-refractivity contribution is 6.76. The van der Waals surface area contributed by atoms with E-state index in [-0.39, 0.29) is 19.0 Å². The Morgan fingerprint density at radius 1 is 0.678 bits per heavy atom. The number of rotatable bonds is 22. The van der Waals surface area contributed by atoms with E-state index in [9.17, 15) is 84.5 Å². The maximum absolute atomic E-state index is 14.9. The predicted molar refractivity (Wildman–Crippen MR) is 182 cm³/mol. The number of alkyl halides is 17. The zero-order valence-corrected chi connectivity index (χ0v) is 33.8. The Morgan fingerprint density at radius 2 is 1.12 bits per heavy atom. The molecule has 342 valence electrons. The number of aliphatic hydroxyl groups excluding tert-OH is 1. The molecule has 59 heavy (non-hydrogen) atoms. The Morgan fingerprint density at radius 3 is 1.54 bits per heavy atom. The highest BCUT2D eigenvalue weighted by Crippen LogP contribution is 2.64. The van der Waals surface area contributed by atoms with Gasteiger partial charge < -0.3 is 19.0 Å². The number of hydrogen-bond acceptors (Lipinski definition) is 5. The van der Waals surface area contributed by atoms with Crippen LogP contribution in [0.1, 0.15) is 73.5 Å². The van der Waals surface area contributed by atoms with Gasteiger partial charge >= 0.3 is 53.6 Å². The van der Waals surface area contributed by atoms with Crippen LogP contribution < -0.4 is 4.74 Å². The first-order valence-electron chi connectivity index (χ1n) is 17.7. The van der Waals surface area contributed by atoms with Crippen LogP contribution in [0.15, 0.2) is 47.6 Å². The van der Waals surface area contributed by atoms with Gasteiger partial charge in [-0.2, -0.15) is 74.6 Å². The number of benzene rings is 1. The summed E-state index contributed by atoms with van der Waals surface area (Å²) < 4.78 is 251. The van der Waals surface area contributed by atoms with Gasteiger partial charge in [0, 0.05) is 18.4 Å². The van der Waals surface area contributed by atoms with Crippen molar-refractivity contribution < 1.29 is 98.4 Å². The van der Waals surface area contributed by atoms with Crippen molar-refractivity contribution in [1.82, 2.24) is 0 Å². The van der Waals surface area contributed by atoms with Gasteiger partial charge in [0.05, 0.1) is 19.3 Å². The molecule has 5 nitrogen and oxygen atoms in total. The van der Waals surface area contributed by atoms with E-state index in [0.29, 0.717) is 16.7 Å².